The van der Waals surface area contributed by atoms with E-state index in [2.05, 4.69) is 6.92 Å². The molecule has 3 heteroatoms. The van der Waals surface area contributed by atoms with Gasteiger partial charge >= 0.3 is 0 Å². The Hall–Kier alpha value is -0.120. The van der Waals surface area contributed by atoms with E-state index in [0.717, 1.165) is 13.0 Å². The predicted molar refractivity (Wildman–Crippen MR) is 72.9 cm³/mol. The van der Waals surface area contributed by atoms with E-state index in [1.807, 2.05) is 0 Å². The Morgan fingerprint density at radius 1 is 0.882 bits per heavy atom. The van der Waals surface area contributed by atoms with Gasteiger partial charge in [-0.15, -0.1) is 0 Å². The Balaban J connectivity index is 2.89. The molecule has 0 saturated carbocycles. The fourth-order valence-electron chi connectivity index (χ4n) is 1.90. The van der Waals surface area contributed by atoms with Gasteiger partial charge < -0.3 is 15.6 Å². The summed E-state index contributed by atoms with van der Waals surface area (Å²) >= 11 is 0. The molecule has 0 amide bonds. The molecule has 0 radical (unpaired) electrons. The van der Waals surface area contributed by atoms with Crippen molar-refractivity contribution in [3.63, 3.8) is 0 Å². The Morgan fingerprint density at radius 3 is 1.82 bits per heavy atom. The van der Waals surface area contributed by atoms with Gasteiger partial charge in [0.15, 0.2) is 0 Å². The van der Waals surface area contributed by atoms with Gasteiger partial charge in [-0.1, -0.05) is 64.7 Å². The van der Waals surface area contributed by atoms with Crippen molar-refractivity contribution in [3.05, 3.63) is 0 Å². The third-order valence-electron chi connectivity index (χ3n) is 2.93. The summed E-state index contributed by atoms with van der Waals surface area (Å²) in [6.45, 7) is 3.24. The van der Waals surface area contributed by atoms with Crippen molar-refractivity contribution >= 4 is 0 Å². The van der Waals surface area contributed by atoms with E-state index >= 15 is 0 Å². The summed E-state index contributed by atoms with van der Waals surface area (Å²) in [7, 11) is 0. The molecule has 0 spiro atoms. The van der Waals surface area contributed by atoms with Crippen LogP contribution in [0, 0.1) is 0 Å². The summed E-state index contributed by atoms with van der Waals surface area (Å²) in [5.41, 5.74) is 5.15. The van der Waals surface area contributed by atoms with Crippen LogP contribution in [0.15, 0.2) is 0 Å². The Morgan fingerprint density at radius 2 is 1.35 bits per heavy atom. The standard InChI is InChI=1S/C14H31NO2/c1-2-3-4-5-6-7-8-9-10-11-12-17-13-14(15)16/h14,16H,2-13,15H2,1H3. The molecule has 0 fully saturated rings. The molecule has 3 nitrogen and oxygen atoms in total. The third-order valence-corrected chi connectivity index (χ3v) is 2.93. The van der Waals surface area contributed by atoms with E-state index in [1.54, 1.807) is 0 Å². The van der Waals surface area contributed by atoms with Crippen LogP contribution in [-0.4, -0.2) is 24.5 Å². The fourth-order valence-corrected chi connectivity index (χ4v) is 1.90. The molecule has 0 aromatic heterocycles. The molecule has 0 aliphatic rings. The van der Waals surface area contributed by atoms with Crippen LogP contribution in [0.4, 0.5) is 0 Å². The number of nitrogens with two attached hydrogens (primary N) is 1. The molecule has 17 heavy (non-hydrogen) atoms. The van der Waals surface area contributed by atoms with E-state index in [-0.39, 0.29) is 6.61 Å². The first kappa shape index (κ1) is 16.9. The summed E-state index contributed by atoms with van der Waals surface area (Å²) in [4.78, 5) is 0. The van der Waals surface area contributed by atoms with Crippen LogP contribution in [0.2, 0.25) is 0 Å². The highest BCUT2D eigenvalue weighted by molar-refractivity contribution is 4.47. The topological polar surface area (TPSA) is 55.5 Å². The highest BCUT2D eigenvalue weighted by Crippen LogP contribution is 2.10. The molecule has 0 saturated heterocycles. The van der Waals surface area contributed by atoms with Crippen LogP contribution in [-0.2, 0) is 4.74 Å². The first-order valence-corrected chi connectivity index (χ1v) is 7.28. The smallest absolute Gasteiger partial charge is 0.126 e. The van der Waals surface area contributed by atoms with Crippen molar-refractivity contribution in [2.75, 3.05) is 13.2 Å². The van der Waals surface area contributed by atoms with Crippen molar-refractivity contribution in [2.45, 2.75) is 77.4 Å². The molecular formula is C14H31NO2. The largest absolute Gasteiger partial charge is 0.377 e. The first-order chi connectivity index (χ1) is 8.27. The normalized spacial score (nSPS) is 12.9. The minimum Gasteiger partial charge on any atom is -0.377 e. The van der Waals surface area contributed by atoms with Gasteiger partial charge in [-0.3, -0.25) is 0 Å². The van der Waals surface area contributed by atoms with E-state index in [9.17, 15) is 0 Å². The number of rotatable bonds is 13. The lowest BCUT2D eigenvalue weighted by molar-refractivity contribution is 0.0385. The van der Waals surface area contributed by atoms with Crippen molar-refractivity contribution in [1.29, 1.82) is 0 Å². The minimum atomic E-state index is -0.821. The average molecular weight is 245 g/mol. The summed E-state index contributed by atoms with van der Waals surface area (Å²) in [6, 6.07) is 0. The monoisotopic (exact) mass is 245 g/mol. The summed E-state index contributed by atoms with van der Waals surface area (Å²) in [5.74, 6) is 0. The molecule has 0 heterocycles. The second kappa shape index (κ2) is 13.9. The van der Waals surface area contributed by atoms with E-state index in [1.165, 1.54) is 57.8 Å². The van der Waals surface area contributed by atoms with Gasteiger partial charge in [-0.2, -0.15) is 0 Å². The molecule has 0 aliphatic heterocycles. The SMILES string of the molecule is CCCCCCCCCCCCOCC(N)O. The molecule has 0 aromatic carbocycles. The molecule has 1 unspecified atom stereocenters. The van der Waals surface area contributed by atoms with Crippen LogP contribution < -0.4 is 5.73 Å². The zero-order valence-corrected chi connectivity index (χ0v) is 11.5. The molecule has 0 bridgehead atoms. The van der Waals surface area contributed by atoms with Crippen molar-refractivity contribution < 1.29 is 9.84 Å². The second-order valence-electron chi connectivity index (χ2n) is 4.82. The Bertz CT molecular complexity index is 140. The zero-order valence-electron chi connectivity index (χ0n) is 11.5. The second-order valence-corrected chi connectivity index (χ2v) is 4.82. The maximum Gasteiger partial charge on any atom is 0.126 e. The summed E-state index contributed by atoms with van der Waals surface area (Å²) in [6.07, 6.45) is 12.5. The van der Waals surface area contributed by atoms with Gasteiger partial charge in [-0.05, 0) is 6.42 Å². The van der Waals surface area contributed by atoms with Crippen molar-refractivity contribution in [3.8, 4) is 0 Å². The van der Waals surface area contributed by atoms with Gasteiger partial charge in [0.2, 0.25) is 0 Å². The fraction of sp³-hybridized carbons (Fsp3) is 1.00. The maximum absolute atomic E-state index is 8.77. The van der Waals surface area contributed by atoms with Gasteiger partial charge in [0.1, 0.15) is 6.23 Å². The number of unbranched alkanes of at least 4 members (excludes halogenated alkanes) is 9. The first-order valence-electron chi connectivity index (χ1n) is 7.28. The van der Waals surface area contributed by atoms with Crippen LogP contribution in [0.5, 0.6) is 0 Å². The number of hydrogen-bond donors (Lipinski definition) is 2. The molecule has 0 aromatic rings. The Kier molecular flexibility index (Phi) is 13.8. The molecule has 3 N–H and O–H groups in total. The highest BCUT2D eigenvalue weighted by atomic mass is 16.5. The highest BCUT2D eigenvalue weighted by Gasteiger charge is 1.95. The molecule has 1 atom stereocenters. The van der Waals surface area contributed by atoms with Gasteiger partial charge in [0.25, 0.3) is 0 Å². The maximum atomic E-state index is 8.77. The summed E-state index contributed by atoms with van der Waals surface area (Å²) in [5, 5.41) is 8.77. The van der Waals surface area contributed by atoms with Crippen LogP contribution in [0.25, 0.3) is 0 Å². The molecule has 0 aliphatic carbocycles. The number of hydrogen-bond acceptors (Lipinski definition) is 3. The van der Waals surface area contributed by atoms with Gasteiger partial charge in [0, 0.05) is 6.61 Å². The Labute approximate surface area is 107 Å². The zero-order chi connectivity index (χ0) is 12.8. The molecule has 104 valence electrons. The van der Waals surface area contributed by atoms with Crippen LogP contribution in [0.3, 0.4) is 0 Å². The quantitative estimate of drug-likeness (QED) is 0.387. The molecule has 0 rings (SSSR count). The van der Waals surface area contributed by atoms with Crippen LogP contribution >= 0.6 is 0 Å². The lowest BCUT2D eigenvalue weighted by Gasteiger charge is -2.06. The van der Waals surface area contributed by atoms with E-state index in [4.69, 9.17) is 15.6 Å². The van der Waals surface area contributed by atoms with E-state index < -0.39 is 6.23 Å². The third kappa shape index (κ3) is 15.9. The van der Waals surface area contributed by atoms with Gasteiger partial charge in [0.05, 0.1) is 6.61 Å². The van der Waals surface area contributed by atoms with Crippen molar-refractivity contribution in [1.82, 2.24) is 0 Å². The average Bonchev–Trinajstić information content (AvgIpc) is 2.30. The lowest BCUT2D eigenvalue weighted by Crippen LogP contribution is -2.25. The van der Waals surface area contributed by atoms with E-state index in [0.29, 0.717) is 0 Å². The molecular weight excluding hydrogens is 214 g/mol. The summed E-state index contributed by atoms with van der Waals surface area (Å²) < 4.78 is 5.19. The number of ether oxygens (including phenoxy) is 1. The van der Waals surface area contributed by atoms with Crippen molar-refractivity contribution in [2.24, 2.45) is 5.73 Å². The van der Waals surface area contributed by atoms with Crippen LogP contribution in [0.1, 0.15) is 71.1 Å². The predicted octanol–water partition coefficient (Wildman–Crippen LogP) is 3.20. The number of aliphatic hydroxyl groups is 1. The van der Waals surface area contributed by atoms with Gasteiger partial charge in [-0.25, -0.2) is 0 Å². The number of aliphatic hydroxyl groups excluding tert-OH is 1. The lowest BCUT2D eigenvalue weighted by atomic mass is 10.1. The minimum absolute atomic E-state index is 0.261.